The molecule has 1 heterocycles. The van der Waals surface area contributed by atoms with E-state index < -0.39 is 11.7 Å². The second-order valence-electron chi connectivity index (χ2n) is 3.01. The lowest BCUT2D eigenvalue weighted by molar-refractivity contribution is -0.136. The van der Waals surface area contributed by atoms with Gasteiger partial charge in [-0.15, -0.1) is 0 Å². The van der Waals surface area contributed by atoms with E-state index in [1.165, 1.54) is 6.07 Å². The summed E-state index contributed by atoms with van der Waals surface area (Å²) < 4.78 is 38.0. The summed E-state index contributed by atoms with van der Waals surface area (Å²) in [6, 6.07) is 2.11. The highest BCUT2D eigenvalue weighted by atomic mass is 35.5. The lowest BCUT2D eigenvalue weighted by Gasteiger charge is -2.10. The fraction of sp³-hybridized carbons (Fsp3) is 0.111. The van der Waals surface area contributed by atoms with Crippen LogP contribution in [0.25, 0.3) is 10.9 Å². The number of hydrogen-bond acceptors (Lipinski definition) is 2. The molecule has 0 atom stereocenters. The highest BCUT2D eigenvalue weighted by Gasteiger charge is 2.34. The second-order valence-corrected chi connectivity index (χ2v) is 3.81. The Kier molecular flexibility index (Phi) is 2.67. The molecule has 0 aliphatic heterocycles. The van der Waals surface area contributed by atoms with Gasteiger partial charge in [-0.3, -0.25) is 0 Å². The molecular weight excluding hydrogens is 264 g/mol. The predicted octanol–water partition coefficient (Wildman–Crippen LogP) is 3.96. The standard InChI is InChI=1S/C9H3Cl2F3N2/c10-4-1-5-7(15-3-16-8(5)11)6(2-4)9(12,13)14/h1-3H. The van der Waals surface area contributed by atoms with E-state index in [9.17, 15) is 13.2 Å². The van der Waals surface area contributed by atoms with Gasteiger partial charge in [0.25, 0.3) is 0 Å². The summed E-state index contributed by atoms with van der Waals surface area (Å²) in [7, 11) is 0. The highest BCUT2D eigenvalue weighted by Crippen LogP contribution is 2.37. The number of halogens is 5. The van der Waals surface area contributed by atoms with E-state index >= 15 is 0 Å². The van der Waals surface area contributed by atoms with Crippen LogP contribution in [-0.4, -0.2) is 9.97 Å². The van der Waals surface area contributed by atoms with Gasteiger partial charge < -0.3 is 0 Å². The number of aromatic nitrogens is 2. The smallest absolute Gasteiger partial charge is 0.236 e. The molecule has 1 aromatic carbocycles. The van der Waals surface area contributed by atoms with E-state index in [0.29, 0.717) is 0 Å². The second kappa shape index (κ2) is 3.75. The van der Waals surface area contributed by atoms with Crippen molar-refractivity contribution in [3.63, 3.8) is 0 Å². The van der Waals surface area contributed by atoms with Crippen molar-refractivity contribution in [2.24, 2.45) is 0 Å². The molecule has 0 aliphatic carbocycles. The first-order valence-electron chi connectivity index (χ1n) is 4.06. The summed E-state index contributed by atoms with van der Waals surface area (Å²) in [5.41, 5.74) is -1.17. The number of fused-ring (bicyclic) bond motifs is 1. The van der Waals surface area contributed by atoms with Crippen LogP contribution >= 0.6 is 23.2 Å². The van der Waals surface area contributed by atoms with Gasteiger partial charge in [0.2, 0.25) is 0 Å². The monoisotopic (exact) mass is 266 g/mol. The molecule has 2 nitrogen and oxygen atoms in total. The average molecular weight is 267 g/mol. The lowest BCUT2D eigenvalue weighted by Crippen LogP contribution is -2.07. The van der Waals surface area contributed by atoms with Crippen LogP contribution in [-0.2, 0) is 6.18 Å². The van der Waals surface area contributed by atoms with Crippen LogP contribution in [0.15, 0.2) is 18.5 Å². The summed E-state index contributed by atoms with van der Waals surface area (Å²) in [6.07, 6.45) is -3.55. The maximum absolute atomic E-state index is 12.7. The average Bonchev–Trinajstić information content (AvgIpc) is 2.17. The van der Waals surface area contributed by atoms with E-state index in [4.69, 9.17) is 23.2 Å². The Labute approximate surface area is 98.0 Å². The summed E-state index contributed by atoms with van der Waals surface area (Å²) in [4.78, 5) is 7.18. The molecule has 16 heavy (non-hydrogen) atoms. The maximum Gasteiger partial charge on any atom is 0.418 e. The first-order chi connectivity index (χ1) is 7.39. The molecule has 84 valence electrons. The van der Waals surface area contributed by atoms with E-state index in [-0.39, 0.29) is 21.1 Å². The van der Waals surface area contributed by atoms with Crippen molar-refractivity contribution in [2.75, 3.05) is 0 Å². The predicted molar refractivity (Wildman–Crippen MR) is 54.6 cm³/mol. The molecule has 0 amide bonds. The molecule has 7 heteroatoms. The van der Waals surface area contributed by atoms with Gasteiger partial charge in [0, 0.05) is 10.4 Å². The topological polar surface area (TPSA) is 25.8 Å². The van der Waals surface area contributed by atoms with Crippen LogP contribution in [0.1, 0.15) is 5.56 Å². The van der Waals surface area contributed by atoms with Crippen molar-refractivity contribution < 1.29 is 13.2 Å². The molecule has 0 spiro atoms. The molecule has 1 aromatic heterocycles. The Bertz CT molecular complexity index is 554. The highest BCUT2D eigenvalue weighted by molar-refractivity contribution is 6.35. The van der Waals surface area contributed by atoms with Crippen LogP contribution in [0.4, 0.5) is 13.2 Å². The third kappa shape index (κ3) is 1.92. The van der Waals surface area contributed by atoms with Gasteiger partial charge in [-0.25, -0.2) is 9.97 Å². The minimum Gasteiger partial charge on any atom is -0.236 e. The summed E-state index contributed by atoms with van der Waals surface area (Å²) in [5.74, 6) is 0. The Hall–Kier alpha value is -1.07. The fourth-order valence-corrected chi connectivity index (χ4v) is 1.72. The van der Waals surface area contributed by atoms with E-state index in [1.807, 2.05) is 0 Å². The van der Waals surface area contributed by atoms with Crippen molar-refractivity contribution in [3.8, 4) is 0 Å². The van der Waals surface area contributed by atoms with Crippen molar-refractivity contribution in [3.05, 3.63) is 34.2 Å². The normalized spacial score (nSPS) is 12.1. The van der Waals surface area contributed by atoms with Gasteiger partial charge in [-0.1, -0.05) is 23.2 Å². The zero-order valence-corrected chi connectivity index (χ0v) is 9.03. The summed E-state index contributed by atoms with van der Waals surface area (Å²) in [6.45, 7) is 0. The van der Waals surface area contributed by atoms with Crippen molar-refractivity contribution in [1.29, 1.82) is 0 Å². The maximum atomic E-state index is 12.7. The zero-order chi connectivity index (χ0) is 11.9. The van der Waals surface area contributed by atoms with Gasteiger partial charge in [0.1, 0.15) is 11.5 Å². The van der Waals surface area contributed by atoms with Crippen LogP contribution in [0.2, 0.25) is 10.2 Å². The van der Waals surface area contributed by atoms with Crippen LogP contribution in [0.5, 0.6) is 0 Å². The number of alkyl halides is 3. The Morgan fingerprint density at radius 1 is 1.06 bits per heavy atom. The minimum absolute atomic E-state index is 0.0574. The molecule has 0 N–H and O–H groups in total. The van der Waals surface area contributed by atoms with Gasteiger partial charge in [-0.2, -0.15) is 13.2 Å². The molecule has 0 bridgehead atoms. The van der Waals surface area contributed by atoms with E-state index in [1.54, 1.807) is 0 Å². The molecule has 0 unspecified atom stereocenters. The molecule has 0 fully saturated rings. The summed E-state index contributed by atoms with van der Waals surface area (Å²) in [5, 5.41) is -0.0292. The zero-order valence-electron chi connectivity index (χ0n) is 7.52. The van der Waals surface area contributed by atoms with Crippen LogP contribution in [0.3, 0.4) is 0 Å². The summed E-state index contributed by atoms with van der Waals surface area (Å²) >= 11 is 11.3. The minimum atomic E-state index is -4.53. The molecule has 0 radical (unpaired) electrons. The van der Waals surface area contributed by atoms with Crippen LogP contribution < -0.4 is 0 Å². The molecule has 0 saturated carbocycles. The molecule has 2 aromatic rings. The van der Waals surface area contributed by atoms with Crippen molar-refractivity contribution in [1.82, 2.24) is 9.97 Å². The van der Waals surface area contributed by atoms with Gasteiger partial charge in [0.15, 0.2) is 0 Å². The molecule has 0 saturated heterocycles. The Morgan fingerprint density at radius 2 is 1.75 bits per heavy atom. The lowest BCUT2D eigenvalue weighted by atomic mass is 10.1. The SMILES string of the molecule is FC(F)(F)c1cc(Cl)cc2c(Cl)ncnc12. The first-order valence-corrected chi connectivity index (χ1v) is 4.82. The number of rotatable bonds is 0. The third-order valence-corrected chi connectivity index (χ3v) is 2.48. The van der Waals surface area contributed by atoms with Gasteiger partial charge in [0.05, 0.1) is 11.1 Å². The number of nitrogens with zero attached hydrogens (tertiary/aromatic N) is 2. The van der Waals surface area contributed by atoms with E-state index in [2.05, 4.69) is 9.97 Å². The van der Waals surface area contributed by atoms with Crippen molar-refractivity contribution >= 4 is 34.1 Å². The molecule has 2 rings (SSSR count). The quantitative estimate of drug-likeness (QED) is 0.675. The first kappa shape index (κ1) is 11.4. The largest absolute Gasteiger partial charge is 0.418 e. The van der Waals surface area contributed by atoms with Crippen molar-refractivity contribution in [2.45, 2.75) is 6.18 Å². The molecule has 0 aliphatic rings. The number of hydrogen-bond donors (Lipinski definition) is 0. The number of benzene rings is 1. The van der Waals surface area contributed by atoms with Gasteiger partial charge in [-0.05, 0) is 12.1 Å². The third-order valence-electron chi connectivity index (χ3n) is 1.96. The van der Waals surface area contributed by atoms with Gasteiger partial charge >= 0.3 is 6.18 Å². The Morgan fingerprint density at radius 3 is 2.38 bits per heavy atom. The van der Waals surface area contributed by atoms with E-state index in [0.717, 1.165) is 12.4 Å². The van der Waals surface area contributed by atoms with Crippen LogP contribution in [0, 0.1) is 0 Å². The Balaban J connectivity index is 2.89. The fourth-order valence-electron chi connectivity index (χ4n) is 1.32. The molecular formula is C9H3Cl2F3N2.